The van der Waals surface area contributed by atoms with E-state index in [-0.39, 0.29) is 5.75 Å². The third-order valence-electron chi connectivity index (χ3n) is 5.20. The van der Waals surface area contributed by atoms with Crippen molar-refractivity contribution < 1.29 is 8.42 Å². The van der Waals surface area contributed by atoms with E-state index in [0.29, 0.717) is 32.1 Å². The molecule has 0 saturated carbocycles. The van der Waals surface area contributed by atoms with Gasteiger partial charge in [-0.25, -0.2) is 8.42 Å². The highest BCUT2D eigenvalue weighted by Gasteiger charge is 2.28. The van der Waals surface area contributed by atoms with Gasteiger partial charge in [0.25, 0.3) is 0 Å². The summed E-state index contributed by atoms with van der Waals surface area (Å²) in [6.07, 6.45) is 4.86. The van der Waals surface area contributed by atoms with Crippen molar-refractivity contribution >= 4 is 27.4 Å². The van der Waals surface area contributed by atoms with Gasteiger partial charge in [0, 0.05) is 32.7 Å². The molecule has 1 aromatic carbocycles. The summed E-state index contributed by atoms with van der Waals surface area (Å²) in [6, 6.07) is 9.35. The zero-order valence-corrected chi connectivity index (χ0v) is 18.2. The van der Waals surface area contributed by atoms with E-state index in [0.717, 1.165) is 23.6 Å². The maximum absolute atomic E-state index is 12.6. The molecule has 0 spiro atoms. The Morgan fingerprint density at radius 1 is 1.15 bits per heavy atom. The second kappa shape index (κ2) is 11.0. The number of hydrogen-bond acceptors (Lipinski definition) is 3. The van der Waals surface area contributed by atoms with E-state index in [1.807, 2.05) is 30.3 Å². The Morgan fingerprint density at radius 3 is 2.41 bits per heavy atom. The molecule has 1 aliphatic heterocycles. The number of rotatable bonds is 9. The lowest BCUT2D eigenvalue weighted by Gasteiger charge is -2.36. The van der Waals surface area contributed by atoms with E-state index >= 15 is 0 Å². The van der Waals surface area contributed by atoms with Crippen LogP contribution in [0.2, 0.25) is 0 Å². The molecule has 0 bridgehead atoms. The molecule has 7 heteroatoms. The molecular formula is C20H33N3O2S2. The third-order valence-corrected chi connectivity index (χ3v) is 7.45. The first-order chi connectivity index (χ1) is 13.0. The third kappa shape index (κ3) is 7.05. The fraction of sp³-hybridized carbons (Fsp3) is 0.650. The molecule has 1 saturated heterocycles. The molecule has 0 aromatic heterocycles. The summed E-state index contributed by atoms with van der Waals surface area (Å²) in [5.74, 6) is 0.710. The zero-order valence-electron chi connectivity index (χ0n) is 16.6. The van der Waals surface area contributed by atoms with E-state index in [1.54, 1.807) is 4.31 Å². The molecule has 2 rings (SSSR count). The second-order valence-corrected chi connectivity index (χ2v) is 9.59. The maximum atomic E-state index is 12.6. The number of piperazine rings is 1. The Labute approximate surface area is 170 Å². The number of benzene rings is 1. The Bertz CT molecular complexity index is 672. The van der Waals surface area contributed by atoms with E-state index < -0.39 is 10.0 Å². The standard InChI is InChI=1S/C20H33N3O2S2/c1-3-5-9-18(4-2)16-21-20(26)22-12-14-23(15-13-22)27(24,25)17-19-10-7-6-8-11-19/h6-8,10-11,18H,3-5,9,12-17H2,1-2H3,(H,21,26)/t18-/m0/s1. The van der Waals surface area contributed by atoms with E-state index in [4.69, 9.17) is 12.2 Å². The quantitative estimate of drug-likeness (QED) is 0.632. The lowest BCUT2D eigenvalue weighted by atomic mass is 9.99. The van der Waals surface area contributed by atoms with Gasteiger partial charge in [-0.2, -0.15) is 4.31 Å². The Balaban J connectivity index is 1.79. The van der Waals surface area contributed by atoms with Crippen LogP contribution in [0.4, 0.5) is 0 Å². The summed E-state index contributed by atoms with van der Waals surface area (Å²) in [4.78, 5) is 2.09. The molecule has 1 aromatic rings. The topological polar surface area (TPSA) is 52.6 Å². The molecule has 1 fully saturated rings. The van der Waals surface area contributed by atoms with Crippen LogP contribution in [0.1, 0.15) is 45.1 Å². The van der Waals surface area contributed by atoms with Crippen LogP contribution in [-0.2, 0) is 15.8 Å². The summed E-state index contributed by atoms with van der Waals surface area (Å²) in [7, 11) is -3.28. The van der Waals surface area contributed by atoms with E-state index in [1.165, 1.54) is 19.3 Å². The summed E-state index contributed by atoms with van der Waals surface area (Å²) in [5, 5.41) is 4.15. The number of nitrogens with zero attached hydrogens (tertiary/aromatic N) is 2. The van der Waals surface area contributed by atoms with Gasteiger partial charge in [0.1, 0.15) is 0 Å². The van der Waals surface area contributed by atoms with Crippen molar-refractivity contribution in [1.82, 2.24) is 14.5 Å². The van der Waals surface area contributed by atoms with Crippen LogP contribution in [0.3, 0.4) is 0 Å². The number of nitrogens with one attached hydrogen (secondary N) is 1. The van der Waals surface area contributed by atoms with Crippen LogP contribution in [0.25, 0.3) is 0 Å². The van der Waals surface area contributed by atoms with Crippen molar-refractivity contribution in [2.24, 2.45) is 5.92 Å². The molecule has 1 heterocycles. The maximum Gasteiger partial charge on any atom is 0.218 e. The Hall–Kier alpha value is -1.18. The summed E-state index contributed by atoms with van der Waals surface area (Å²) < 4.78 is 26.9. The highest BCUT2D eigenvalue weighted by molar-refractivity contribution is 7.88. The molecule has 27 heavy (non-hydrogen) atoms. The van der Waals surface area contributed by atoms with Gasteiger partial charge in [-0.05, 0) is 30.1 Å². The number of sulfonamides is 1. The van der Waals surface area contributed by atoms with Crippen molar-refractivity contribution in [3.63, 3.8) is 0 Å². The molecule has 1 N–H and O–H groups in total. The first kappa shape index (κ1) is 22.1. The van der Waals surface area contributed by atoms with Gasteiger partial charge in [-0.1, -0.05) is 63.4 Å². The largest absolute Gasteiger partial charge is 0.362 e. The van der Waals surface area contributed by atoms with Gasteiger partial charge in [-0.15, -0.1) is 0 Å². The summed E-state index contributed by atoms with van der Waals surface area (Å²) in [6.45, 7) is 7.62. The number of thiocarbonyl (C=S) groups is 1. The van der Waals surface area contributed by atoms with Crippen LogP contribution in [-0.4, -0.2) is 55.5 Å². The smallest absolute Gasteiger partial charge is 0.218 e. The molecule has 1 atom stereocenters. The fourth-order valence-electron chi connectivity index (χ4n) is 3.33. The monoisotopic (exact) mass is 411 g/mol. The van der Waals surface area contributed by atoms with Crippen LogP contribution in [0.15, 0.2) is 30.3 Å². The average molecular weight is 412 g/mol. The van der Waals surface area contributed by atoms with Gasteiger partial charge in [0.15, 0.2) is 5.11 Å². The van der Waals surface area contributed by atoms with Gasteiger partial charge >= 0.3 is 0 Å². The van der Waals surface area contributed by atoms with Crippen LogP contribution in [0.5, 0.6) is 0 Å². The van der Waals surface area contributed by atoms with Gasteiger partial charge < -0.3 is 10.2 Å². The van der Waals surface area contributed by atoms with Gasteiger partial charge in [0.05, 0.1) is 5.75 Å². The van der Waals surface area contributed by atoms with Crippen molar-refractivity contribution in [2.45, 2.75) is 45.3 Å². The SMILES string of the molecule is CCCC[C@H](CC)CNC(=S)N1CCN(S(=O)(=O)Cc2ccccc2)CC1. The van der Waals surface area contributed by atoms with Crippen molar-refractivity contribution in [1.29, 1.82) is 0 Å². The fourth-order valence-corrected chi connectivity index (χ4v) is 5.11. The normalized spacial score (nSPS) is 16.9. The molecule has 1 aliphatic rings. The van der Waals surface area contributed by atoms with Crippen LogP contribution >= 0.6 is 12.2 Å². The first-order valence-corrected chi connectivity index (χ1v) is 12.0. The molecular weight excluding hydrogens is 378 g/mol. The highest BCUT2D eigenvalue weighted by Crippen LogP contribution is 2.15. The van der Waals surface area contributed by atoms with Crippen molar-refractivity contribution in [2.75, 3.05) is 32.7 Å². The molecule has 0 aliphatic carbocycles. The molecule has 0 radical (unpaired) electrons. The Morgan fingerprint density at radius 2 is 1.81 bits per heavy atom. The predicted molar refractivity (Wildman–Crippen MR) is 116 cm³/mol. The lowest BCUT2D eigenvalue weighted by Crippen LogP contribution is -2.53. The molecule has 152 valence electrons. The minimum atomic E-state index is -3.28. The minimum absolute atomic E-state index is 0.0617. The molecule has 0 amide bonds. The van der Waals surface area contributed by atoms with Gasteiger partial charge in [-0.3, -0.25) is 0 Å². The van der Waals surface area contributed by atoms with Gasteiger partial charge in [0.2, 0.25) is 10.0 Å². The second-order valence-electron chi connectivity index (χ2n) is 7.23. The number of unbranched alkanes of at least 4 members (excludes halogenated alkanes) is 1. The first-order valence-electron chi connectivity index (χ1n) is 10.0. The highest BCUT2D eigenvalue weighted by atomic mass is 32.2. The summed E-state index contributed by atoms with van der Waals surface area (Å²) >= 11 is 5.54. The average Bonchev–Trinajstić information content (AvgIpc) is 2.68. The van der Waals surface area contributed by atoms with Crippen molar-refractivity contribution in [3.05, 3.63) is 35.9 Å². The Kier molecular flexibility index (Phi) is 8.99. The zero-order chi connectivity index (χ0) is 19.7. The van der Waals surface area contributed by atoms with Crippen LogP contribution in [0, 0.1) is 5.92 Å². The van der Waals surface area contributed by atoms with E-state index in [9.17, 15) is 8.42 Å². The minimum Gasteiger partial charge on any atom is -0.362 e. The number of hydrogen-bond donors (Lipinski definition) is 1. The van der Waals surface area contributed by atoms with Crippen molar-refractivity contribution in [3.8, 4) is 0 Å². The summed E-state index contributed by atoms with van der Waals surface area (Å²) in [5.41, 5.74) is 0.829. The molecule has 5 nitrogen and oxygen atoms in total. The predicted octanol–water partition coefficient (Wildman–Crippen LogP) is 3.22. The van der Waals surface area contributed by atoms with Crippen LogP contribution < -0.4 is 5.32 Å². The lowest BCUT2D eigenvalue weighted by molar-refractivity contribution is 0.262. The van der Waals surface area contributed by atoms with E-state index in [2.05, 4.69) is 24.1 Å². The molecule has 0 unspecified atom stereocenters.